The fraction of sp³-hybridized carbons (Fsp3) is 0.707. The second-order valence-corrected chi connectivity index (χ2v) is 13.2. The van der Waals surface area contributed by atoms with Crippen molar-refractivity contribution < 1.29 is 29.0 Å². The van der Waals surface area contributed by atoms with E-state index in [1.165, 1.54) is 44.9 Å². The first kappa shape index (κ1) is 45.8. The summed E-state index contributed by atoms with van der Waals surface area (Å²) >= 11 is 0. The molecule has 0 aliphatic heterocycles. The van der Waals surface area contributed by atoms with Crippen LogP contribution in [0.5, 0.6) is 0 Å². The number of nitrogens with one attached hydrogen (secondary N) is 1. The highest BCUT2D eigenvalue weighted by Gasteiger charge is 2.20. The van der Waals surface area contributed by atoms with Crippen molar-refractivity contribution in [1.82, 2.24) is 5.32 Å². The van der Waals surface area contributed by atoms with Crippen molar-refractivity contribution in [2.24, 2.45) is 5.73 Å². The molecule has 0 saturated carbocycles. The number of hydrogen-bond acceptors (Lipinski definition) is 5. The Hall–Kier alpha value is -3.16. The van der Waals surface area contributed by atoms with E-state index in [4.69, 9.17) is 15.6 Å². The van der Waals surface area contributed by atoms with Gasteiger partial charge in [-0.05, 0) is 96.8 Å². The van der Waals surface area contributed by atoms with E-state index < -0.39 is 17.9 Å². The molecule has 0 aromatic carbocycles. The van der Waals surface area contributed by atoms with Gasteiger partial charge in [-0.25, -0.2) is 4.79 Å². The maximum Gasteiger partial charge on any atom is 0.326 e. The van der Waals surface area contributed by atoms with Gasteiger partial charge >= 0.3 is 11.9 Å². The third kappa shape index (κ3) is 34.5. The lowest BCUT2D eigenvalue weighted by Gasteiger charge is -2.13. The van der Waals surface area contributed by atoms with Crippen LogP contribution in [0.4, 0.5) is 0 Å². The first-order valence-electron chi connectivity index (χ1n) is 19.4. The molecule has 0 radical (unpaired) electrons. The highest BCUT2D eigenvalue weighted by molar-refractivity contribution is 5.84. The first-order valence-corrected chi connectivity index (χ1v) is 19.4. The van der Waals surface area contributed by atoms with E-state index in [9.17, 15) is 19.2 Å². The number of nitrogens with two attached hydrogens (primary N) is 1. The average Bonchev–Trinajstić information content (AvgIpc) is 3.06. The average molecular weight is 687 g/mol. The number of esters is 1. The van der Waals surface area contributed by atoms with Gasteiger partial charge in [-0.15, -0.1) is 0 Å². The largest absolute Gasteiger partial charge is 0.480 e. The van der Waals surface area contributed by atoms with Crippen LogP contribution >= 0.6 is 0 Å². The zero-order valence-corrected chi connectivity index (χ0v) is 31.0. The quantitative estimate of drug-likeness (QED) is 0.0350. The van der Waals surface area contributed by atoms with E-state index in [-0.39, 0.29) is 37.2 Å². The third-order valence-electron chi connectivity index (χ3n) is 8.34. The third-order valence-corrected chi connectivity index (χ3v) is 8.34. The first-order chi connectivity index (χ1) is 23.8. The van der Waals surface area contributed by atoms with Gasteiger partial charge in [0.25, 0.3) is 0 Å². The predicted octanol–water partition coefficient (Wildman–Crippen LogP) is 9.97. The molecule has 0 aliphatic rings. The fourth-order valence-electron chi connectivity index (χ4n) is 5.34. The highest BCUT2D eigenvalue weighted by atomic mass is 16.5. The molecule has 0 aliphatic carbocycles. The summed E-state index contributed by atoms with van der Waals surface area (Å²) in [5.74, 6) is -2.10. The van der Waals surface area contributed by atoms with Crippen LogP contribution in [0.25, 0.3) is 0 Å². The molecule has 0 aromatic heterocycles. The van der Waals surface area contributed by atoms with Gasteiger partial charge < -0.3 is 20.9 Å². The second-order valence-electron chi connectivity index (χ2n) is 13.2. The number of hydrogen-bond donors (Lipinski definition) is 3. The minimum atomic E-state index is -1.15. The Balaban J connectivity index is 3.61. The van der Waals surface area contributed by atoms with E-state index in [0.29, 0.717) is 12.8 Å². The summed E-state index contributed by atoms with van der Waals surface area (Å²) < 4.78 is 5.59. The van der Waals surface area contributed by atoms with Gasteiger partial charge in [-0.2, -0.15) is 0 Å². The maximum absolute atomic E-state index is 12.1. The number of unbranched alkanes of at least 4 members (excludes halogenated alkanes) is 14. The lowest BCUT2D eigenvalue weighted by atomic mass is 10.1. The van der Waals surface area contributed by atoms with Gasteiger partial charge in [-0.1, -0.05) is 107 Å². The number of primary amides is 1. The van der Waals surface area contributed by atoms with E-state index in [2.05, 4.69) is 60.8 Å². The van der Waals surface area contributed by atoms with Gasteiger partial charge in [-0.3, -0.25) is 14.4 Å². The number of allylic oxidation sites excluding steroid dienone is 8. The van der Waals surface area contributed by atoms with E-state index in [1.54, 1.807) is 0 Å². The van der Waals surface area contributed by atoms with Gasteiger partial charge in [0.05, 0.1) is 6.10 Å². The molecule has 0 aromatic rings. The predicted molar refractivity (Wildman–Crippen MR) is 202 cm³/mol. The topological polar surface area (TPSA) is 136 Å². The van der Waals surface area contributed by atoms with Gasteiger partial charge in [0.2, 0.25) is 11.8 Å². The highest BCUT2D eigenvalue weighted by Crippen LogP contribution is 2.12. The molecule has 0 spiro atoms. The summed E-state index contributed by atoms with van der Waals surface area (Å²) in [5, 5.41) is 11.6. The molecule has 0 heterocycles. The summed E-state index contributed by atoms with van der Waals surface area (Å²) in [6.45, 7) is 4.23. The fourth-order valence-corrected chi connectivity index (χ4v) is 5.34. The molecule has 0 saturated heterocycles. The van der Waals surface area contributed by atoms with Crippen molar-refractivity contribution in [3.63, 3.8) is 0 Å². The zero-order chi connectivity index (χ0) is 36.2. The van der Waals surface area contributed by atoms with Crippen LogP contribution in [0.3, 0.4) is 0 Å². The Bertz CT molecular complexity index is 971. The molecule has 1 unspecified atom stereocenters. The maximum atomic E-state index is 12.1. The summed E-state index contributed by atoms with van der Waals surface area (Å²) in [7, 11) is 0. The number of ether oxygens (including phenoxy) is 1. The minimum absolute atomic E-state index is 0.00921. The summed E-state index contributed by atoms with van der Waals surface area (Å²) in [6.07, 6.45) is 41.3. The number of rotatable bonds is 34. The molecule has 2 atom stereocenters. The number of carboxylic acid groups (broad SMARTS) is 1. The lowest BCUT2D eigenvalue weighted by molar-refractivity contribution is -0.148. The number of amides is 2. The van der Waals surface area contributed by atoms with Crippen LogP contribution < -0.4 is 11.1 Å². The number of carboxylic acids is 1. The smallest absolute Gasteiger partial charge is 0.326 e. The Morgan fingerprint density at radius 3 is 1.59 bits per heavy atom. The molecule has 2 amide bonds. The van der Waals surface area contributed by atoms with E-state index in [1.807, 2.05) is 6.92 Å². The Morgan fingerprint density at radius 1 is 0.612 bits per heavy atom. The van der Waals surface area contributed by atoms with Crippen LogP contribution in [0.15, 0.2) is 48.6 Å². The molecule has 0 fully saturated rings. The minimum Gasteiger partial charge on any atom is -0.480 e. The van der Waals surface area contributed by atoms with Crippen LogP contribution in [0.2, 0.25) is 0 Å². The second kappa shape index (κ2) is 34.7. The molecular formula is C41H70N2O6. The van der Waals surface area contributed by atoms with Crippen LogP contribution in [0, 0.1) is 0 Å². The van der Waals surface area contributed by atoms with Crippen molar-refractivity contribution in [3.05, 3.63) is 48.6 Å². The summed E-state index contributed by atoms with van der Waals surface area (Å²) in [5.41, 5.74) is 5.06. The molecular weight excluding hydrogens is 616 g/mol. The number of aliphatic carboxylic acids is 1. The zero-order valence-electron chi connectivity index (χ0n) is 31.0. The molecule has 8 nitrogen and oxygen atoms in total. The van der Waals surface area contributed by atoms with E-state index in [0.717, 1.165) is 83.5 Å². The molecule has 49 heavy (non-hydrogen) atoms. The normalized spacial score (nSPS) is 13.1. The van der Waals surface area contributed by atoms with Crippen molar-refractivity contribution in [2.75, 3.05) is 0 Å². The number of carbonyl (C=O) groups excluding carboxylic acids is 3. The Labute approximate surface area is 298 Å². The van der Waals surface area contributed by atoms with Gasteiger partial charge in [0.1, 0.15) is 6.04 Å². The van der Waals surface area contributed by atoms with Crippen LogP contribution in [-0.4, -0.2) is 41.0 Å². The van der Waals surface area contributed by atoms with Crippen molar-refractivity contribution in [3.8, 4) is 0 Å². The Kier molecular flexibility index (Phi) is 32.5. The number of carbonyl (C=O) groups is 4. The standard InChI is InChI=1S/C41H70N2O6/c1-3-4-5-6-7-8-9-10-11-15-18-21-24-27-30-33-40(46)49-36(2)31-28-25-22-19-16-13-12-14-17-20-23-26-29-32-39(45)43-37(41(47)48)34-35-38(42)44/h7-8,10-13,19,22,36-37H,3-6,9,14-18,20-21,23-35H2,1-2H3,(H2,42,44)(H,43,45)(H,47,48)/t36?,37-/m0/s1. The SMILES string of the molecule is CCCCCC=CCC=CCCCCCCCC(=O)OC(C)CCCC=CCC=CCCCCCCCC(=O)N[C@@H](CCC(N)=O)C(=O)O. The van der Waals surface area contributed by atoms with Crippen molar-refractivity contribution >= 4 is 23.8 Å². The van der Waals surface area contributed by atoms with Gasteiger partial charge in [0.15, 0.2) is 0 Å². The summed E-state index contributed by atoms with van der Waals surface area (Å²) in [6, 6.07) is -1.07. The molecule has 0 bridgehead atoms. The Morgan fingerprint density at radius 2 is 1.08 bits per heavy atom. The van der Waals surface area contributed by atoms with E-state index >= 15 is 0 Å². The van der Waals surface area contributed by atoms with Crippen molar-refractivity contribution in [1.29, 1.82) is 0 Å². The molecule has 280 valence electrons. The van der Waals surface area contributed by atoms with Crippen molar-refractivity contribution in [2.45, 2.75) is 187 Å². The molecule has 0 rings (SSSR count). The lowest BCUT2D eigenvalue weighted by Crippen LogP contribution is -2.41. The molecule has 8 heteroatoms. The van der Waals surface area contributed by atoms with Gasteiger partial charge in [0, 0.05) is 19.3 Å². The van der Waals surface area contributed by atoms with Crippen LogP contribution in [-0.2, 0) is 23.9 Å². The van der Waals surface area contributed by atoms with Crippen LogP contribution in [0.1, 0.15) is 174 Å². The summed E-state index contributed by atoms with van der Waals surface area (Å²) in [4.78, 5) is 46.2. The molecule has 4 N–H and O–H groups in total. The monoisotopic (exact) mass is 687 g/mol.